The van der Waals surface area contributed by atoms with Gasteiger partial charge in [0.15, 0.2) is 0 Å². The van der Waals surface area contributed by atoms with Gasteiger partial charge in [-0.05, 0) is 36.1 Å². The maximum Gasteiger partial charge on any atom is 0.113 e. The maximum absolute atomic E-state index is 4.26. The summed E-state index contributed by atoms with van der Waals surface area (Å²) in [4.78, 5) is 0. The molecule has 0 atom stereocenters. The fourth-order valence-electron chi connectivity index (χ4n) is 2.59. The van der Waals surface area contributed by atoms with Gasteiger partial charge in [0, 0.05) is 12.6 Å². The molecule has 4 nitrogen and oxygen atoms in total. The van der Waals surface area contributed by atoms with E-state index >= 15 is 0 Å². The normalized spacial score (nSPS) is 14.7. The molecule has 1 aliphatic rings. The second kappa shape index (κ2) is 5.30. The van der Waals surface area contributed by atoms with E-state index in [1.54, 1.807) is 0 Å². The number of nitrogens with one attached hydrogen (secondary N) is 1. The van der Waals surface area contributed by atoms with E-state index in [1.807, 2.05) is 22.9 Å². The largest absolute Gasteiger partial charge is 0.310 e. The van der Waals surface area contributed by atoms with E-state index in [2.05, 4.69) is 46.0 Å². The Morgan fingerprint density at radius 1 is 1.05 bits per heavy atom. The van der Waals surface area contributed by atoms with Gasteiger partial charge in [-0.25, -0.2) is 4.68 Å². The minimum atomic E-state index is 0.743. The highest BCUT2D eigenvalue weighted by molar-refractivity contribution is 5.73. The number of rotatable bonds is 5. The Morgan fingerprint density at radius 3 is 2.81 bits per heavy atom. The van der Waals surface area contributed by atoms with Gasteiger partial charge in [-0.15, -0.1) is 5.10 Å². The second-order valence-electron chi connectivity index (χ2n) is 5.71. The van der Waals surface area contributed by atoms with Crippen LogP contribution in [0, 0.1) is 0 Å². The van der Waals surface area contributed by atoms with Crippen molar-refractivity contribution < 1.29 is 0 Å². The molecule has 3 aromatic rings. The Labute approximate surface area is 123 Å². The van der Waals surface area contributed by atoms with Crippen LogP contribution in [0.1, 0.15) is 24.0 Å². The lowest BCUT2D eigenvalue weighted by Crippen LogP contribution is -2.15. The molecule has 0 unspecified atom stereocenters. The third-order valence-electron chi connectivity index (χ3n) is 3.92. The van der Waals surface area contributed by atoms with Crippen molar-refractivity contribution in [2.75, 3.05) is 0 Å². The molecular formula is C17H18N4. The highest BCUT2D eigenvalue weighted by atomic mass is 15.4. The Kier molecular flexibility index (Phi) is 3.16. The van der Waals surface area contributed by atoms with E-state index < -0.39 is 0 Å². The molecule has 106 valence electrons. The third kappa shape index (κ3) is 2.81. The predicted octanol–water partition coefficient (Wildman–Crippen LogP) is 2.73. The number of benzene rings is 2. The minimum Gasteiger partial charge on any atom is -0.310 e. The van der Waals surface area contributed by atoms with Crippen LogP contribution in [0.3, 0.4) is 0 Å². The molecule has 1 heterocycles. The van der Waals surface area contributed by atoms with Crippen molar-refractivity contribution in [3.63, 3.8) is 0 Å². The molecule has 0 aliphatic heterocycles. The first-order valence-corrected chi connectivity index (χ1v) is 7.48. The highest BCUT2D eigenvalue weighted by Gasteiger charge is 2.19. The van der Waals surface area contributed by atoms with Crippen molar-refractivity contribution in [1.29, 1.82) is 0 Å². The molecule has 0 spiro atoms. The van der Waals surface area contributed by atoms with Gasteiger partial charge in [0.05, 0.1) is 12.1 Å². The molecule has 2 aromatic carbocycles. The lowest BCUT2D eigenvalue weighted by molar-refractivity contribution is 0.664. The average Bonchev–Trinajstić information content (AvgIpc) is 3.27. The fourth-order valence-corrected chi connectivity index (χ4v) is 2.59. The molecule has 0 saturated heterocycles. The van der Waals surface area contributed by atoms with Crippen LogP contribution in [0.5, 0.6) is 0 Å². The zero-order valence-corrected chi connectivity index (χ0v) is 11.9. The number of nitrogens with zero attached hydrogens (tertiary/aromatic N) is 3. The summed E-state index contributed by atoms with van der Waals surface area (Å²) in [6.07, 6.45) is 2.65. The average molecular weight is 278 g/mol. The van der Waals surface area contributed by atoms with Crippen molar-refractivity contribution in [3.05, 3.63) is 59.7 Å². The molecule has 1 N–H and O–H groups in total. The maximum atomic E-state index is 4.26. The topological polar surface area (TPSA) is 42.7 Å². The van der Waals surface area contributed by atoms with E-state index in [1.165, 1.54) is 24.0 Å². The summed E-state index contributed by atoms with van der Waals surface area (Å²) in [5.41, 5.74) is 4.63. The summed E-state index contributed by atoms with van der Waals surface area (Å²) in [6, 6.07) is 17.5. The first-order chi connectivity index (χ1) is 10.4. The Bertz CT molecular complexity index is 758. The van der Waals surface area contributed by atoms with E-state index in [4.69, 9.17) is 0 Å². The number of para-hydroxylation sites is 1. The SMILES string of the molecule is c1cc(CNC2CC2)cc(Cn2nnc3ccccc32)c1. The van der Waals surface area contributed by atoms with Gasteiger partial charge in [-0.1, -0.05) is 41.6 Å². The van der Waals surface area contributed by atoms with Gasteiger partial charge in [0.2, 0.25) is 0 Å². The fraction of sp³-hybridized carbons (Fsp3) is 0.294. The number of aromatic nitrogens is 3. The van der Waals surface area contributed by atoms with E-state index in [0.717, 1.165) is 30.2 Å². The van der Waals surface area contributed by atoms with Crippen molar-refractivity contribution in [1.82, 2.24) is 20.3 Å². The van der Waals surface area contributed by atoms with Crippen LogP contribution >= 0.6 is 0 Å². The predicted molar refractivity (Wildman–Crippen MR) is 82.9 cm³/mol. The van der Waals surface area contributed by atoms with Crippen molar-refractivity contribution >= 4 is 11.0 Å². The standard InChI is InChI=1S/C17H18N4/c1-2-7-17-16(6-1)19-20-21(17)12-14-5-3-4-13(10-14)11-18-15-8-9-15/h1-7,10,15,18H,8-9,11-12H2. The first kappa shape index (κ1) is 12.5. The molecule has 4 rings (SSSR count). The van der Waals surface area contributed by atoms with Crippen LogP contribution in [0.4, 0.5) is 0 Å². The van der Waals surface area contributed by atoms with Gasteiger partial charge in [0.1, 0.15) is 5.52 Å². The number of hydrogen-bond acceptors (Lipinski definition) is 3. The molecule has 1 aliphatic carbocycles. The summed E-state index contributed by atoms with van der Waals surface area (Å²) < 4.78 is 1.96. The van der Waals surface area contributed by atoms with Gasteiger partial charge >= 0.3 is 0 Å². The molecule has 21 heavy (non-hydrogen) atoms. The van der Waals surface area contributed by atoms with Crippen LogP contribution in [0.2, 0.25) is 0 Å². The van der Waals surface area contributed by atoms with Gasteiger partial charge in [0.25, 0.3) is 0 Å². The summed E-state index contributed by atoms with van der Waals surface area (Å²) >= 11 is 0. The molecule has 0 radical (unpaired) electrons. The third-order valence-corrected chi connectivity index (χ3v) is 3.92. The summed E-state index contributed by atoms with van der Waals surface area (Å²) in [5.74, 6) is 0. The van der Waals surface area contributed by atoms with Crippen molar-refractivity contribution in [3.8, 4) is 0 Å². The van der Waals surface area contributed by atoms with Crippen LogP contribution in [0.15, 0.2) is 48.5 Å². The zero-order valence-electron chi connectivity index (χ0n) is 11.9. The summed E-state index contributed by atoms with van der Waals surface area (Å²) in [6.45, 7) is 1.72. The Morgan fingerprint density at radius 2 is 1.90 bits per heavy atom. The van der Waals surface area contributed by atoms with E-state index in [9.17, 15) is 0 Å². The smallest absolute Gasteiger partial charge is 0.113 e. The summed E-state index contributed by atoms with van der Waals surface area (Å²) in [5, 5.41) is 12.0. The second-order valence-corrected chi connectivity index (χ2v) is 5.71. The number of fused-ring (bicyclic) bond motifs is 1. The molecule has 1 saturated carbocycles. The van der Waals surface area contributed by atoms with Crippen LogP contribution in [0.25, 0.3) is 11.0 Å². The zero-order chi connectivity index (χ0) is 14.1. The highest BCUT2D eigenvalue weighted by Crippen LogP contribution is 2.19. The molecule has 1 fully saturated rings. The van der Waals surface area contributed by atoms with Crippen LogP contribution < -0.4 is 5.32 Å². The minimum absolute atomic E-state index is 0.743. The van der Waals surface area contributed by atoms with Gasteiger partial charge in [-0.3, -0.25) is 0 Å². The lowest BCUT2D eigenvalue weighted by Gasteiger charge is -2.07. The number of hydrogen-bond donors (Lipinski definition) is 1. The van der Waals surface area contributed by atoms with Crippen LogP contribution in [-0.4, -0.2) is 21.0 Å². The Hall–Kier alpha value is -2.20. The van der Waals surface area contributed by atoms with Crippen molar-refractivity contribution in [2.24, 2.45) is 0 Å². The molecule has 0 bridgehead atoms. The molecular weight excluding hydrogens is 260 g/mol. The lowest BCUT2D eigenvalue weighted by atomic mass is 10.1. The summed E-state index contributed by atoms with van der Waals surface area (Å²) in [7, 11) is 0. The quantitative estimate of drug-likeness (QED) is 0.780. The monoisotopic (exact) mass is 278 g/mol. The first-order valence-electron chi connectivity index (χ1n) is 7.48. The van der Waals surface area contributed by atoms with Gasteiger partial charge < -0.3 is 5.32 Å². The van der Waals surface area contributed by atoms with E-state index in [-0.39, 0.29) is 0 Å². The van der Waals surface area contributed by atoms with Crippen molar-refractivity contribution in [2.45, 2.75) is 32.0 Å². The molecule has 1 aromatic heterocycles. The Balaban J connectivity index is 1.54. The molecule has 0 amide bonds. The molecule has 4 heteroatoms. The van der Waals surface area contributed by atoms with Crippen LogP contribution in [-0.2, 0) is 13.1 Å². The van der Waals surface area contributed by atoms with Gasteiger partial charge in [-0.2, -0.15) is 0 Å². The van der Waals surface area contributed by atoms with E-state index in [0.29, 0.717) is 0 Å².